The lowest BCUT2D eigenvalue weighted by molar-refractivity contribution is 0.0768. The number of aromatic nitrogens is 1. The number of morpholine rings is 1. The fraction of sp³-hybridized carbons (Fsp3) is 0.444. The molecule has 1 aliphatic rings. The molecular formula is C9H14Cl2N2O. The minimum Gasteiger partial charge on any atom is -0.378 e. The van der Waals surface area contributed by atoms with Crippen LogP contribution in [0.4, 0.5) is 0 Å². The molecule has 1 aliphatic heterocycles. The van der Waals surface area contributed by atoms with Gasteiger partial charge in [0, 0.05) is 18.9 Å². The van der Waals surface area contributed by atoms with E-state index < -0.39 is 0 Å². The Bertz CT molecular complexity index is 240. The monoisotopic (exact) mass is 236 g/mol. The highest BCUT2D eigenvalue weighted by Crippen LogP contribution is 2.13. The van der Waals surface area contributed by atoms with Crippen LogP contribution in [0.2, 0.25) is 0 Å². The van der Waals surface area contributed by atoms with E-state index in [0.29, 0.717) is 6.04 Å². The molecular weight excluding hydrogens is 223 g/mol. The zero-order valence-electron chi connectivity index (χ0n) is 7.68. The molecule has 0 saturated carbocycles. The molecule has 1 fully saturated rings. The lowest BCUT2D eigenvalue weighted by Gasteiger charge is -2.23. The summed E-state index contributed by atoms with van der Waals surface area (Å²) in [5, 5.41) is 3.37. The predicted octanol–water partition coefficient (Wildman–Crippen LogP) is 1.59. The molecule has 1 aromatic rings. The first-order valence-electron chi connectivity index (χ1n) is 4.18. The van der Waals surface area contributed by atoms with Crippen LogP contribution in [-0.4, -0.2) is 24.7 Å². The SMILES string of the molecule is Cl.Cl.c1cncc([C@@H]2COCCN2)c1. The molecule has 2 rings (SSSR count). The molecule has 5 heteroatoms. The molecule has 3 nitrogen and oxygen atoms in total. The van der Waals surface area contributed by atoms with Crippen molar-refractivity contribution in [3.05, 3.63) is 30.1 Å². The van der Waals surface area contributed by atoms with Gasteiger partial charge in [-0.15, -0.1) is 24.8 Å². The Labute approximate surface area is 96.1 Å². The van der Waals surface area contributed by atoms with Gasteiger partial charge in [0.2, 0.25) is 0 Å². The smallest absolute Gasteiger partial charge is 0.0662 e. The molecule has 0 bridgehead atoms. The maximum atomic E-state index is 5.35. The number of rotatable bonds is 1. The number of pyridine rings is 1. The van der Waals surface area contributed by atoms with Gasteiger partial charge < -0.3 is 10.1 Å². The van der Waals surface area contributed by atoms with Crippen molar-refractivity contribution in [3.63, 3.8) is 0 Å². The highest BCUT2D eigenvalue weighted by Gasteiger charge is 2.14. The van der Waals surface area contributed by atoms with E-state index in [0.717, 1.165) is 19.8 Å². The minimum absolute atomic E-state index is 0. The van der Waals surface area contributed by atoms with Crippen molar-refractivity contribution in [1.29, 1.82) is 0 Å². The maximum Gasteiger partial charge on any atom is 0.0662 e. The van der Waals surface area contributed by atoms with Crippen molar-refractivity contribution < 1.29 is 4.74 Å². The zero-order chi connectivity index (χ0) is 8.23. The third-order valence-corrected chi connectivity index (χ3v) is 2.01. The summed E-state index contributed by atoms with van der Waals surface area (Å²) in [4.78, 5) is 4.06. The fourth-order valence-electron chi connectivity index (χ4n) is 1.36. The highest BCUT2D eigenvalue weighted by atomic mass is 35.5. The molecule has 1 atom stereocenters. The molecule has 0 amide bonds. The Morgan fingerprint density at radius 1 is 1.43 bits per heavy atom. The van der Waals surface area contributed by atoms with Gasteiger partial charge in [0.1, 0.15) is 0 Å². The Hall–Kier alpha value is -0.350. The fourth-order valence-corrected chi connectivity index (χ4v) is 1.36. The van der Waals surface area contributed by atoms with Crippen molar-refractivity contribution in [1.82, 2.24) is 10.3 Å². The van der Waals surface area contributed by atoms with Crippen LogP contribution in [0.15, 0.2) is 24.5 Å². The van der Waals surface area contributed by atoms with Crippen LogP contribution < -0.4 is 5.32 Å². The predicted molar refractivity (Wildman–Crippen MR) is 60.3 cm³/mol. The molecule has 0 radical (unpaired) electrons. The molecule has 2 heterocycles. The lowest BCUT2D eigenvalue weighted by atomic mass is 10.1. The largest absolute Gasteiger partial charge is 0.378 e. The summed E-state index contributed by atoms with van der Waals surface area (Å²) in [6, 6.07) is 4.35. The minimum atomic E-state index is 0. The first-order valence-corrected chi connectivity index (χ1v) is 4.18. The van der Waals surface area contributed by atoms with Crippen molar-refractivity contribution in [2.24, 2.45) is 0 Å². The normalized spacial score (nSPS) is 20.4. The molecule has 1 saturated heterocycles. The first kappa shape index (κ1) is 13.7. The summed E-state index contributed by atoms with van der Waals surface area (Å²) >= 11 is 0. The van der Waals surface area contributed by atoms with Crippen LogP contribution >= 0.6 is 24.8 Å². The van der Waals surface area contributed by atoms with E-state index >= 15 is 0 Å². The molecule has 0 unspecified atom stereocenters. The van der Waals surface area contributed by atoms with Crippen molar-refractivity contribution in [2.75, 3.05) is 19.8 Å². The van der Waals surface area contributed by atoms with Gasteiger partial charge >= 0.3 is 0 Å². The number of nitrogens with one attached hydrogen (secondary N) is 1. The van der Waals surface area contributed by atoms with Gasteiger partial charge in [-0.05, 0) is 11.6 Å². The van der Waals surface area contributed by atoms with Gasteiger partial charge in [-0.3, -0.25) is 4.98 Å². The average molecular weight is 237 g/mol. The average Bonchev–Trinajstić information content (AvgIpc) is 2.21. The van der Waals surface area contributed by atoms with Crippen LogP contribution in [0.25, 0.3) is 0 Å². The molecule has 0 aliphatic carbocycles. The Balaban J connectivity index is 0.000000845. The first-order chi connectivity index (χ1) is 5.97. The zero-order valence-corrected chi connectivity index (χ0v) is 9.31. The highest BCUT2D eigenvalue weighted by molar-refractivity contribution is 5.85. The van der Waals surface area contributed by atoms with E-state index in [4.69, 9.17) is 4.74 Å². The van der Waals surface area contributed by atoms with Crippen molar-refractivity contribution in [3.8, 4) is 0 Å². The van der Waals surface area contributed by atoms with Crippen LogP contribution in [0.1, 0.15) is 11.6 Å². The molecule has 0 spiro atoms. The summed E-state index contributed by atoms with van der Waals surface area (Å²) in [6.45, 7) is 2.50. The Kier molecular flexibility index (Phi) is 6.83. The van der Waals surface area contributed by atoms with E-state index in [9.17, 15) is 0 Å². The summed E-state index contributed by atoms with van der Waals surface area (Å²) < 4.78 is 5.35. The van der Waals surface area contributed by atoms with Gasteiger partial charge in [0.15, 0.2) is 0 Å². The summed E-state index contributed by atoms with van der Waals surface area (Å²) in [6.07, 6.45) is 3.67. The van der Waals surface area contributed by atoms with Crippen LogP contribution in [-0.2, 0) is 4.74 Å². The molecule has 14 heavy (non-hydrogen) atoms. The molecule has 0 aromatic carbocycles. The summed E-state index contributed by atoms with van der Waals surface area (Å²) in [7, 11) is 0. The number of hydrogen-bond donors (Lipinski definition) is 1. The molecule has 80 valence electrons. The van der Waals surface area contributed by atoms with Gasteiger partial charge in [-0.2, -0.15) is 0 Å². The van der Waals surface area contributed by atoms with Gasteiger partial charge in [0.25, 0.3) is 0 Å². The molecule has 1 aromatic heterocycles. The number of ether oxygens (including phenoxy) is 1. The maximum absolute atomic E-state index is 5.35. The number of hydrogen-bond acceptors (Lipinski definition) is 3. The van der Waals surface area contributed by atoms with Gasteiger partial charge in [-0.1, -0.05) is 6.07 Å². The lowest BCUT2D eigenvalue weighted by Crippen LogP contribution is -2.34. The van der Waals surface area contributed by atoms with Crippen LogP contribution in [0, 0.1) is 0 Å². The third-order valence-electron chi connectivity index (χ3n) is 2.01. The summed E-state index contributed by atoms with van der Waals surface area (Å²) in [5.74, 6) is 0. The topological polar surface area (TPSA) is 34.1 Å². The Morgan fingerprint density at radius 3 is 2.86 bits per heavy atom. The van der Waals surface area contributed by atoms with Crippen molar-refractivity contribution in [2.45, 2.75) is 6.04 Å². The van der Waals surface area contributed by atoms with E-state index in [1.165, 1.54) is 5.56 Å². The number of nitrogens with zero attached hydrogens (tertiary/aromatic N) is 1. The number of halogens is 2. The quantitative estimate of drug-likeness (QED) is 0.805. The van der Waals surface area contributed by atoms with E-state index in [-0.39, 0.29) is 24.8 Å². The van der Waals surface area contributed by atoms with Crippen LogP contribution in [0.3, 0.4) is 0 Å². The second kappa shape index (κ2) is 7.01. The van der Waals surface area contributed by atoms with Gasteiger partial charge in [0.05, 0.1) is 19.3 Å². The van der Waals surface area contributed by atoms with Gasteiger partial charge in [-0.25, -0.2) is 0 Å². The third kappa shape index (κ3) is 3.42. The summed E-state index contributed by atoms with van der Waals surface area (Å²) in [5.41, 5.74) is 1.21. The van der Waals surface area contributed by atoms with E-state index in [2.05, 4.69) is 16.4 Å². The second-order valence-corrected chi connectivity index (χ2v) is 2.87. The van der Waals surface area contributed by atoms with Crippen LogP contribution in [0.5, 0.6) is 0 Å². The van der Waals surface area contributed by atoms with E-state index in [1.807, 2.05) is 12.3 Å². The van der Waals surface area contributed by atoms with Crippen molar-refractivity contribution >= 4 is 24.8 Å². The second-order valence-electron chi connectivity index (χ2n) is 2.87. The Morgan fingerprint density at radius 2 is 2.29 bits per heavy atom. The molecule has 1 N–H and O–H groups in total. The standard InChI is InChI=1S/C9H12N2O.2ClH/c1-2-8(6-10-3-1)9-7-12-5-4-11-9;;/h1-3,6,9,11H,4-5,7H2;2*1H/t9-;;/m0../s1. The van der Waals surface area contributed by atoms with E-state index in [1.54, 1.807) is 6.20 Å².